The van der Waals surface area contributed by atoms with Crippen LogP contribution < -0.4 is 20.1 Å². The molecule has 136 valence electrons. The van der Waals surface area contributed by atoms with Crippen LogP contribution in [0.5, 0.6) is 11.5 Å². The van der Waals surface area contributed by atoms with E-state index >= 15 is 0 Å². The predicted octanol–water partition coefficient (Wildman–Crippen LogP) is 2.76. The molecule has 0 aliphatic carbocycles. The fraction of sp³-hybridized carbons (Fsp3) is 0.263. The van der Waals surface area contributed by atoms with Crippen LogP contribution in [-0.4, -0.2) is 32.6 Å². The van der Waals surface area contributed by atoms with Gasteiger partial charge in [-0.2, -0.15) is 0 Å². The Labute approximate surface area is 156 Å². The number of para-hydroxylation sites is 1. The Morgan fingerprint density at radius 1 is 1.19 bits per heavy atom. The van der Waals surface area contributed by atoms with Crippen molar-refractivity contribution in [1.29, 1.82) is 0 Å². The lowest BCUT2D eigenvalue weighted by Crippen LogP contribution is -2.38. The number of rotatable bonds is 5. The van der Waals surface area contributed by atoms with Gasteiger partial charge in [0.25, 0.3) is 0 Å². The second-order valence-electron chi connectivity index (χ2n) is 5.84. The normalized spacial score (nSPS) is 16.6. The van der Waals surface area contributed by atoms with Gasteiger partial charge >= 0.3 is 0 Å². The van der Waals surface area contributed by atoms with E-state index in [1.54, 1.807) is 26.0 Å². The van der Waals surface area contributed by atoms with Crippen LogP contribution in [0.1, 0.15) is 17.2 Å². The smallest absolute Gasteiger partial charge is 0.237 e. The Balaban J connectivity index is 2.00. The molecule has 3 rings (SSSR count). The monoisotopic (exact) mass is 372 g/mol. The number of hydrogen-bond donors (Lipinski definition) is 1. The van der Waals surface area contributed by atoms with Gasteiger partial charge in [0, 0.05) is 16.6 Å². The topological polar surface area (TPSA) is 81.9 Å². The van der Waals surface area contributed by atoms with Gasteiger partial charge in [-0.05, 0) is 29.8 Å². The van der Waals surface area contributed by atoms with E-state index in [2.05, 4.69) is 0 Å². The van der Waals surface area contributed by atoms with Gasteiger partial charge < -0.3 is 20.1 Å². The van der Waals surface area contributed by atoms with Crippen LogP contribution in [0.3, 0.4) is 0 Å². The zero-order valence-corrected chi connectivity index (χ0v) is 15.4. The molecule has 0 fully saturated rings. The molecule has 0 aromatic heterocycles. The lowest BCUT2D eigenvalue weighted by atomic mass is 10.1. The largest absolute Gasteiger partial charge is 0.493 e. The summed E-state index contributed by atoms with van der Waals surface area (Å²) >= 11 is 1.59. The van der Waals surface area contributed by atoms with Gasteiger partial charge in [0.2, 0.25) is 11.8 Å². The molecule has 7 heteroatoms. The summed E-state index contributed by atoms with van der Waals surface area (Å²) in [5, 5.41) is -0.110. The van der Waals surface area contributed by atoms with Crippen LogP contribution in [0.4, 0.5) is 5.69 Å². The highest BCUT2D eigenvalue weighted by atomic mass is 32.2. The Bertz CT molecular complexity index is 840. The van der Waals surface area contributed by atoms with Gasteiger partial charge in [0.05, 0.1) is 19.9 Å². The van der Waals surface area contributed by atoms with E-state index in [0.717, 1.165) is 10.5 Å². The number of nitrogens with two attached hydrogens (primary N) is 1. The molecule has 2 aromatic rings. The third-order valence-electron chi connectivity index (χ3n) is 4.18. The van der Waals surface area contributed by atoms with Gasteiger partial charge in [-0.15, -0.1) is 11.8 Å². The minimum absolute atomic E-state index is 0.110. The van der Waals surface area contributed by atoms with Crippen molar-refractivity contribution < 1.29 is 19.1 Å². The van der Waals surface area contributed by atoms with Crippen molar-refractivity contribution in [1.82, 2.24) is 0 Å². The second-order valence-corrected chi connectivity index (χ2v) is 7.08. The Kier molecular flexibility index (Phi) is 5.37. The maximum atomic E-state index is 12.8. The van der Waals surface area contributed by atoms with Crippen LogP contribution in [0.2, 0.25) is 0 Å². The molecule has 1 atom stereocenters. The van der Waals surface area contributed by atoms with Gasteiger partial charge in [0.1, 0.15) is 6.54 Å². The number of nitrogens with zero attached hydrogens (tertiary/aromatic N) is 1. The van der Waals surface area contributed by atoms with E-state index in [1.165, 1.54) is 4.90 Å². The number of hydrogen-bond acceptors (Lipinski definition) is 5. The van der Waals surface area contributed by atoms with Crippen LogP contribution in [0, 0.1) is 0 Å². The van der Waals surface area contributed by atoms with E-state index < -0.39 is 5.91 Å². The van der Waals surface area contributed by atoms with E-state index in [1.807, 2.05) is 42.5 Å². The first-order valence-corrected chi connectivity index (χ1v) is 8.97. The highest BCUT2D eigenvalue weighted by Crippen LogP contribution is 2.46. The second kappa shape index (κ2) is 7.70. The number of carbonyl (C=O) groups is 2. The number of methoxy groups -OCH3 is 2. The SMILES string of the molecule is COc1ccc([C@@H]2CC(=O)N(CC(N)=O)c3ccccc3S2)cc1OC. The van der Waals surface area contributed by atoms with E-state index in [4.69, 9.17) is 15.2 Å². The molecule has 6 nitrogen and oxygen atoms in total. The van der Waals surface area contributed by atoms with Crippen molar-refractivity contribution in [3.63, 3.8) is 0 Å². The standard InChI is InChI=1S/C19H20N2O4S/c1-24-14-8-7-12(9-15(14)25-2)17-10-19(23)21(11-18(20)22)13-5-3-4-6-16(13)26-17/h3-9,17H,10-11H2,1-2H3,(H2,20,22)/t17-/m0/s1. The Hall–Kier alpha value is -2.67. The number of carbonyl (C=O) groups excluding carboxylic acids is 2. The molecule has 0 saturated carbocycles. The summed E-state index contributed by atoms with van der Waals surface area (Å²) in [6.07, 6.45) is 0.252. The van der Waals surface area contributed by atoms with Crippen LogP contribution in [-0.2, 0) is 9.59 Å². The zero-order valence-electron chi connectivity index (χ0n) is 14.6. The molecule has 0 unspecified atom stereocenters. The molecule has 0 spiro atoms. The van der Waals surface area contributed by atoms with Crippen molar-refractivity contribution >= 4 is 29.3 Å². The molecule has 26 heavy (non-hydrogen) atoms. The highest BCUT2D eigenvalue weighted by molar-refractivity contribution is 7.99. The first kappa shape index (κ1) is 18.1. The van der Waals surface area contributed by atoms with Crippen LogP contribution in [0.15, 0.2) is 47.4 Å². The van der Waals surface area contributed by atoms with E-state index in [-0.39, 0.29) is 24.1 Å². The molecule has 1 aliphatic rings. The highest BCUT2D eigenvalue weighted by Gasteiger charge is 2.30. The first-order chi connectivity index (χ1) is 12.5. The number of primary amides is 1. The van der Waals surface area contributed by atoms with Crippen molar-refractivity contribution in [2.75, 3.05) is 25.7 Å². The van der Waals surface area contributed by atoms with Crippen molar-refractivity contribution in [2.45, 2.75) is 16.6 Å². The average Bonchev–Trinajstić information content (AvgIpc) is 2.78. The number of benzene rings is 2. The minimum atomic E-state index is -0.539. The fourth-order valence-electron chi connectivity index (χ4n) is 2.95. The molecule has 0 bridgehead atoms. The quantitative estimate of drug-likeness (QED) is 0.873. The number of fused-ring (bicyclic) bond motifs is 1. The van der Waals surface area contributed by atoms with E-state index in [0.29, 0.717) is 17.2 Å². The van der Waals surface area contributed by atoms with Crippen molar-refractivity contribution in [3.05, 3.63) is 48.0 Å². The lowest BCUT2D eigenvalue weighted by molar-refractivity contribution is -0.122. The summed E-state index contributed by atoms with van der Waals surface area (Å²) in [7, 11) is 3.16. The first-order valence-electron chi connectivity index (χ1n) is 8.09. The number of thioether (sulfide) groups is 1. The minimum Gasteiger partial charge on any atom is -0.493 e. The third-order valence-corrected chi connectivity index (χ3v) is 5.50. The van der Waals surface area contributed by atoms with Gasteiger partial charge in [-0.3, -0.25) is 9.59 Å². The molecule has 0 radical (unpaired) electrons. The maximum Gasteiger partial charge on any atom is 0.237 e. The van der Waals surface area contributed by atoms with Crippen molar-refractivity contribution in [3.8, 4) is 11.5 Å². The van der Waals surface area contributed by atoms with Gasteiger partial charge in [0.15, 0.2) is 11.5 Å². The third kappa shape index (κ3) is 3.62. The zero-order chi connectivity index (χ0) is 18.7. The maximum absolute atomic E-state index is 12.8. The molecule has 2 N–H and O–H groups in total. The molecule has 1 aliphatic heterocycles. The summed E-state index contributed by atoms with van der Waals surface area (Å²) in [5.41, 5.74) is 7.01. The number of ether oxygens (including phenoxy) is 2. The summed E-state index contributed by atoms with van der Waals surface area (Å²) in [4.78, 5) is 26.6. The average molecular weight is 372 g/mol. The molecule has 2 amide bonds. The molecular formula is C19H20N2O4S. The van der Waals surface area contributed by atoms with Crippen molar-refractivity contribution in [2.24, 2.45) is 5.73 Å². The number of anilines is 1. The van der Waals surface area contributed by atoms with Gasteiger partial charge in [-0.1, -0.05) is 18.2 Å². The Morgan fingerprint density at radius 3 is 2.62 bits per heavy atom. The lowest BCUT2D eigenvalue weighted by Gasteiger charge is -2.20. The summed E-state index contributed by atoms with van der Waals surface area (Å²) in [5.74, 6) is 0.574. The molecule has 1 heterocycles. The van der Waals surface area contributed by atoms with Crippen LogP contribution >= 0.6 is 11.8 Å². The van der Waals surface area contributed by atoms with Crippen LogP contribution in [0.25, 0.3) is 0 Å². The number of amides is 2. The van der Waals surface area contributed by atoms with E-state index in [9.17, 15) is 9.59 Å². The van der Waals surface area contributed by atoms with Gasteiger partial charge in [-0.25, -0.2) is 0 Å². The predicted molar refractivity (Wildman–Crippen MR) is 101 cm³/mol. The summed E-state index contributed by atoms with van der Waals surface area (Å²) < 4.78 is 10.7. The molecule has 2 aromatic carbocycles. The summed E-state index contributed by atoms with van der Waals surface area (Å²) in [6, 6.07) is 13.2. The fourth-order valence-corrected chi connectivity index (χ4v) is 4.22. The molecular weight excluding hydrogens is 352 g/mol. The Morgan fingerprint density at radius 2 is 1.92 bits per heavy atom. The molecule has 0 saturated heterocycles. The summed E-state index contributed by atoms with van der Waals surface area (Å²) in [6.45, 7) is -0.130.